The largest absolute Gasteiger partial charge is 0.495 e. The van der Waals surface area contributed by atoms with Gasteiger partial charge >= 0.3 is 5.97 Å². The molecule has 1 aromatic rings. The molecule has 0 spiro atoms. The van der Waals surface area contributed by atoms with Crippen molar-refractivity contribution in [1.82, 2.24) is 0 Å². The van der Waals surface area contributed by atoms with Gasteiger partial charge in [0.05, 0.1) is 10.7 Å². The van der Waals surface area contributed by atoms with E-state index in [-0.39, 0.29) is 0 Å². The summed E-state index contributed by atoms with van der Waals surface area (Å²) in [6.45, 7) is 0. The minimum absolute atomic E-state index is 0.303. The average molecular weight is 434 g/mol. The number of aliphatic carboxylic acids is 1. The molecular weight excluding hydrogens is 426 g/mol. The van der Waals surface area contributed by atoms with Crippen LogP contribution in [0.5, 0.6) is 5.75 Å². The minimum atomic E-state index is -1.55. The summed E-state index contributed by atoms with van der Waals surface area (Å²) in [7, 11) is 1.45. The monoisotopic (exact) mass is 434 g/mol. The molecule has 4 nitrogen and oxygen atoms in total. The molecule has 2 N–H and O–H groups in total. The number of carboxylic acid groups (broad SMARTS) is 1. The Bertz CT molecular complexity index is 392. The van der Waals surface area contributed by atoms with Crippen LogP contribution in [0.2, 0.25) is 0 Å². The third-order valence-electron chi connectivity index (χ3n) is 1.81. The summed E-state index contributed by atoms with van der Waals surface area (Å²) in [6.07, 6.45) is -1.55. The molecule has 1 atom stereocenters. The molecule has 6 heteroatoms. The van der Waals surface area contributed by atoms with Gasteiger partial charge in [-0.25, -0.2) is 4.79 Å². The van der Waals surface area contributed by atoms with Crippen molar-refractivity contribution in [3.05, 3.63) is 24.8 Å². The molecule has 0 aliphatic carbocycles. The number of aliphatic hydroxyl groups is 1. The lowest BCUT2D eigenvalue weighted by Crippen LogP contribution is -2.13. The number of ether oxygens (including phenoxy) is 1. The standard InChI is InChI=1S/C9H8I2O4/c1-15-8-5(11)3-2-4(10)6(8)7(12)9(13)14/h2-3,7,12H,1H3,(H,13,14). The zero-order valence-corrected chi connectivity index (χ0v) is 12.0. The highest BCUT2D eigenvalue weighted by Crippen LogP contribution is 2.34. The maximum Gasteiger partial charge on any atom is 0.337 e. The molecule has 0 radical (unpaired) electrons. The molecule has 0 aromatic heterocycles. The van der Waals surface area contributed by atoms with Crippen LogP contribution in [0, 0.1) is 7.14 Å². The van der Waals surface area contributed by atoms with E-state index in [0.717, 1.165) is 3.57 Å². The molecule has 0 aliphatic rings. The Labute approximate surface area is 114 Å². The van der Waals surface area contributed by atoms with Crippen LogP contribution in [0.15, 0.2) is 12.1 Å². The van der Waals surface area contributed by atoms with Crippen LogP contribution in [-0.4, -0.2) is 23.3 Å². The van der Waals surface area contributed by atoms with Crippen molar-refractivity contribution in [2.45, 2.75) is 6.10 Å². The maximum absolute atomic E-state index is 10.7. The van der Waals surface area contributed by atoms with Crippen molar-refractivity contribution < 1.29 is 19.7 Å². The smallest absolute Gasteiger partial charge is 0.337 e. The van der Waals surface area contributed by atoms with Gasteiger partial charge in [-0.2, -0.15) is 0 Å². The van der Waals surface area contributed by atoms with E-state index in [4.69, 9.17) is 9.84 Å². The fourth-order valence-electron chi connectivity index (χ4n) is 1.13. The third-order valence-corrected chi connectivity index (χ3v) is 3.60. The molecule has 15 heavy (non-hydrogen) atoms. The van der Waals surface area contributed by atoms with Crippen molar-refractivity contribution in [2.75, 3.05) is 7.11 Å². The van der Waals surface area contributed by atoms with Crippen molar-refractivity contribution in [2.24, 2.45) is 0 Å². The summed E-state index contributed by atoms with van der Waals surface area (Å²) >= 11 is 3.99. The predicted octanol–water partition coefficient (Wildman–Crippen LogP) is 2.02. The van der Waals surface area contributed by atoms with Gasteiger partial charge in [-0.05, 0) is 57.3 Å². The van der Waals surface area contributed by atoms with Gasteiger partial charge in [0, 0.05) is 9.13 Å². The van der Waals surface area contributed by atoms with Crippen LogP contribution in [0.25, 0.3) is 0 Å². The highest BCUT2D eigenvalue weighted by atomic mass is 127. The second-order valence-corrected chi connectivity index (χ2v) is 5.04. The molecule has 0 fully saturated rings. The SMILES string of the molecule is COc1c(I)ccc(I)c1C(O)C(=O)O. The van der Waals surface area contributed by atoms with Crippen LogP contribution in [0.4, 0.5) is 0 Å². The number of hydrogen-bond acceptors (Lipinski definition) is 3. The van der Waals surface area contributed by atoms with E-state index in [2.05, 4.69) is 0 Å². The normalized spacial score (nSPS) is 12.3. The number of carbonyl (C=O) groups is 1. The van der Waals surface area contributed by atoms with E-state index in [1.807, 2.05) is 45.2 Å². The zero-order valence-electron chi connectivity index (χ0n) is 7.70. The first-order valence-corrected chi connectivity index (χ1v) is 6.07. The molecule has 1 unspecified atom stereocenters. The second-order valence-electron chi connectivity index (χ2n) is 2.72. The van der Waals surface area contributed by atoms with E-state index in [1.165, 1.54) is 7.11 Å². The fraction of sp³-hybridized carbons (Fsp3) is 0.222. The van der Waals surface area contributed by atoms with Crippen LogP contribution in [0.1, 0.15) is 11.7 Å². The van der Waals surface area contributed by atoms with Gasteiger partial charge in [0.1, 0.15) is 5.75 Å². The van der Waals surface area contributed by atoms with Crippen LogP contribution < -0.4 is 4.74 Å². The molecule has 0 saturated heterocycles. The lowest BCUT2D eigenvalue weighted by molar-refractivity contribution is -0.147. The number of carboxylic acids is 1. The number of rotatable bonds is 3. The van der Waals surface area contributed by atoms with Gasteiger partial charge in [0.2, 0.25) is 0 Å². The van der Waals surface area contributed by atoms with E-state index >= 15 is 0 Å². The number of methoxy groups -OCH3 is 1. The highest BCUT2D eigenvalue weighted by Gasteiger charge is 2.24. The first-order chi connectivity index (χ1) is 6.99. The van der Waals surface area contributed by atoms with Gasteiger partial charge in [-0.15, -0.1) is 0 Å². The Morgan fingerprint density at radius 1 is 1.40 bits per heavy atom. The Morgan fingerprint density at radius 2 is 1.93 bits per heavy atom. The fourth-order valence-corrected chi connectivity index (χ4v) is 2.54. The van der Waals surface area contributed by atoms with Crippen LogP contribution >= 0.6 is 45.2 Å². The third kappa shape index (κ3) is 2.72. The molecule has 1 rings (SSSR count). The minimum Gasteiger partial charge on any atom is -0.495 e. The van der Waals surface area contributed by atoms with Gasteiger partial charge in [0.15, 0.2) is 6.10 Å². The average Bonchev–Trinajstić information content (AvgIpc) is 2.19. The lowest BCUT2D eigenvalue weighted by Gasteiger charge is -2.14. The quantitative estimate of drug-likeness (QED) is 0.716. The molecule has 0 bridgehead atoms. The molecule has 1 aromatic carbocycles. The number of hydrogen-bond donors (Lipinski definition) is 2. The van der Waals surface area contributed by atoms with Crippen molar-refractivity contribution >= 4 is 51.2 Å². The summed E-state index contributed by atoms with van der Waals surface area (Å²) < 4.78 is 6.53. The van der Waals surface area contributed by atoms with E-state index < -0.39 is 12.1 Å². The first kappa shape index (κ1) is 13.0. The number of benzene rings is 1. The summed E-state index contributed by atoms with van der Waals surface area (Å²) in [5.41, 5.74) is 0.303. The Balaban J connectivity index is 3.37. The number of halogens is 2. The Morgan fingerprint density at radius 3 is 2.40 bits per heavy atom. The van der Waals surface area contributed by atoms with E-state index in [9.17, 15) is 9.90 Å². The van der Waals surface area contributed by atoms with Gasteiger partial charge in [-0.1, -0.05) is 0 Å². The maximum atomic E-state index is 10.7. The lowest BCUT2D eigenvalue weighted by atomic mass is 10.1. The van der Waals surface area contributed by atoms with E-state index in [1.54, 1.807) is 12.1 Å². The summed E-state index contributed by atoms with van der Waals surface area (Å²) in [4.78, 5) is 10.7. The zero-order chi connectivity index (χ0) is 11.6. The molecule has 0 heterocycles. The highest BCUT2D eigenvalue weighted by molar-refractivity contribution is 14.1. The first-order valence-electron chi connectivity index (χ1n) is 3.91. The van der Waals surface area contributed by atoms with Crippen molar-refractivity contribution in [1.29, 1.82) is 0 Å². The van der Waals surface area contributed by atoms with Crippen LogP contribution in [0.3, 0.4) is 0 Å². The van der Waals surface area contributed by atoms with Crippen molar-refractivity contribution in [3.63, 3.8) is 0 Å². The van der Waals surface area contributed by atoms with Gasteiger partial charge in [0.25, 0.3) is 0 Å². The second kappa shape index (κ2) is 5.30. The molecule has 0 amide bonds. The molecule has 0 saturated carbocycles. The topological polar surface area (TPSA) is 66.8 Å². The van der Waals surface area contributed by atoms with E-state index in [0.29, 0.717) is 14.9 Å². The Kier molecular flexibility index (Phi) is 4.59. The van der Waals surface area contributed by atoms with Gasteiger partial charge < -0.3 is 14.9 Å². The number of aliphatic hydroxyl groups excluding tert-OH is 1. The molecule has 0 aliphatic heterocycles. The summed E-state index contributed by atoms with van der Waals surface area (Å²) in [6, 6.07) is 3.55. The summed E-state index contributed by atoms with van der Waals surface area (Å²) in [5, 5.41) is 18.3. The van der Waals surface area contributed by atoms with Crippen molar-refractivity contribution in [3.8, 4) is 5.75 Å². The predicted molar refractivity (Wildman–Crippen MR) is 71.0 cm³/mol. The molecule has 82 valence electrons. The Hall–Kier alpha value is -0.0900. The van der Waals surface area contributed by atoms with Gasteiger partial charge in [-0.3, -0.25) is 0 Å². The van der Waals surface area contributed by atoms with Crippen LogP contribution in [-0.2, 0) is 4.79 Å². The molecular formula is C9H8I2O4. The summed E-state index contributed by atoms with van der Waals surface area (Å²) in [5.74, 6) is -0.870.